The number of hydrogen-bond acceptors (Lipinski definition) is 6. The summed E-state index contributed by atoms with van der Waals surface area (Å²) in [5.74, 6) is 0.941. The standard InChI is InChI=1S/C26H37NO5/c1-6-11-22(15-17-27(7-2)16-14-20-12-9-8-10-13-20)32-26(28)21-18-23(29-3)25(31-5)24(19-21)30-4/h8-10,12-13,18-19,22H,6-7,11,14-17H2,1-5H3. The third-order valence-corrected chi connectivity index (χ3v) is 5.56. The van der Waals surface area contributed by atoms with Gasteiger partial charge in [0.05, 0.1) is 26.9 Å². The molecular weight excluding hydrogens is 406 g/mol. The maximum Gasteiger partial charge on any atom is 0.338 e. The second kappa shape index (κ2) is 13.6. The Kier molecular flexibility index (Phi) is 10.9. The minimum atomic E-state index is -0.380. The Hall–Kier alpha value is -2.73. The topological polar surface area (TPSA) is 57.2 Å². The maximum atomic E-state index is 12.9. The zero-order chi connectivity index (χ0) is 23.3. The number of benzene rings is 2. The number of carbonyl (C=O) groups excluding carboxylic acids is 1. The van der Waals surface area contributed by atoms with Crippen LogP contribution in [0.25, 0.3) is 0 Å². The van der Waals surface area contributed by atoms with Crippen molar-refractivity contribution in [3.05, 3.63) is 53.6 Å². The first-order valence-corrected chi connectivity index (χ1v) is 11.3. The molecule has 0 aliphatic carbocycles. The predicted octanol–water partition coefficient (Wildman–Crippen LogP) is 4.99. The van der Waals surface area contributed by atoms with E-state index >= 15 is 0 Å². The number of rotatable bonds is 14. The summed E-state index contributed by atoms with van der Waals surface area (Å²) in [5.41, 5.74) is 1.72. The fourth-order valence-corrected chi connectivity index (χ4v) is 3.69. The normalized spacial score (nSPS) is 11.8. The van der Waals surface area contributed by atoms with E-state index in [1.807, 2.05) is 6.07 Å². The van der Waals surface area contributed by atoms with Gasteiger partial charge >= 0.3 is 5.97 Å². The number of hydrogen-bond donors (Lipinski definition) is 0. The summed E-state index contributed by atoms with van der Waals surface area (Å²) in [6.45, 7) is 7.11. The van der Waals surface area contributed by atoms with Crippen molar-refractivity contribution < 1.29 is 23.7 Å². The molecule has 0 bridgehead atoms. The summed E-state index contributed by atoms with van der Waals surface area (Å²) in [6.07, 6.45) is 3.44. The average molecular weight is 444 g/mol. The molecular formula is C26H37NO5. The van der Waals surface area contributed by atoms with Gasteiger partial charge in [-0.1, -0.05) is 50.6 Å². The van der Waals surface area contributed by atoms with Crippen LogP contribution in [0.1, 0.15) is 49.0 Å². The van der Waals surface area contributed by atoms with Crippen molar-refractivity contribution in [1.82, 2.24) is 4.90 Å². The molecule has 0 spiro atoms. The van der Waals surface area contributed by atoms with E-state index in [0.717, 1.165) is 45.3 Å². The number of ether oxygens (including phenoxy) is 4. The van der Waals surface area contributed by atoms with Crippen molar-refractivity contribution in [1.29, 1.82) is 0 Å². The van der Waals surface area contributed by atoms with Gasteiger partial charge in [0.25, 0.3) is 0 Å². The van der Waals surface area contributed by atoms with E-state index in [0.29, 0.717) is 22.8 Å². The Labute approximate surface area is 192 Å². The molecule has 176 valence electrons. The highest BCUT2D eigenvalue weighted by atomic mass is 16.5. The van der Waals surface area contributed by atoms with E-state index in [-0.39, 0.29) is 12.1 Å². The Balaban J connectivity index is 2.00. The number of likely N-dealkylation sites (N-methyl/N-ethyl adjacent to an activating group) is 1. The van der Waals surface area contributed by atoms with Crippen molar-refractivity contribution in [2.24, 2.45) is 0 Å². The predicted molar refractivity (Wildman–Crippen MR) is 127 cm³/mol. The average Bonchev–Trinajstić information content (AvgIpc) is 2.83. The molecule has 6 heteroatoms. The van der Waals surface area contributed by atoms with Gasteiger partial charge in [-0.2, -0.15) is 0 Å². The molecule has 0 aromatic heterocycles. The van der Waals surface area contributed by atoms with Crippen LogP contribution in [0.5, 0.6) is 17.2 Å². The van der Waals surface area contributed by atoms with Crippen molar-refractivity contribution in [3.8, 4) is 17.2 Å². The van der Waals surface area contributed by atoms with Gasteiger partial charge in [-0.3, -0.25) is 0 Å². The van der Waals surface area contributed by atoms with E-state index in [9.17, 15) is 4.79 Å². The van der Waals surface area contributed by atoms with Crippen LogP contribution < -0.4 is 14.2 Å². The van der Waals surface area contributed by atoms with E-state index in [1.165, 1.54) is 26.9 Å². The van der Waals surface area contributed by atoms with Crippen LogP contribution in [0.15, 0.2) is 42.5 Å². The largest absolute Gasteiger partial charge is 0.493 e. The second-order valence-electron chi connectivity index (χ2n) is 7.69. The third-order valence-electron chi connectivity index (χ3n) is 5.56. The van der Waals surface area contributed by atoms with E-state index < -0.39 is 0 Å². The molecule has 0 amide bonds. The number of methoxy groups -OCH3 is 3. The minimum absolute atomic E-state index is 0.141. The van der Waals surface area contributed by atoms with Crippen LogP contribution in [0.4, 0.5) is 0 Å². The zero-order valence-electron chi connectivity index (χ0n) is 20.1. The summed E-state index contributed by atoms with van der Waals surface area (Å²) in [4.78, 5) is 15.3. The third kappa shape index (κ3) is 7.45. The van der Waals surface area contributed by atoms with Crippen LogP contribution >= 0.6 is 0 Å². The molecule has 2 aromatic carbocycles. The molecule has 2 rings (SSSR count). The molecule has 0 fully saturated rings. The molecule has 0 aliphatic heterocycles. The first-order valence-electron chi connectivity index (χ1n) is 11.3. The maximum absolute atomic E-state index is 12.9. The fourth-order valence-electron chi connectivity index (χ4n) is 3.69. The van der Waals surface area contributed by atoms with Gasteiger partial charge in [0, 0.05) is 13.1 Å². The van der Waals surface area contributed by atoms with E-state index in [1.54, 1.807) is 12.1 Å². The van der Waals surface area contributed by atoms with Gasteiger partial charge in [-0.15, -0.1) is 0 Å². The summed E-state index contributed by atoms with van der Waals surface area (Å²) >= 11 is 0. The van der Waals surface area contributed by atoms with Crippen molar-refractivity contribution in [3.63, 3.8) is 0 Å². The molecule has 1 atom stereocenters. The summed E-state index contributed by atoms with van der Waals surface area (Å²) in [6, 6.07) is 13.8. The Morgan fingerprint density at radius 3 is 2.09 bits per heavy atom. The smallest absolute Gasteiger partial charge is 0.338 e. The van der Waals surface area contributed by atoms with E-state index in [4.69, 9.17) is 18.9 Å². The van der Waals surface area contributed by atoms with E-state index in [2.05, 4.69) is 43.0 Å². The molecule has 0 N–H and O–H groups in total. The summed E-state index contributed by atoms with van der Waals surface area (Å²) in [5, 5.41) is 0. The Morgan fingerprint density at radius 1 is 0.906 bits per heavy atom. The van der Waals surface area contributed by atoms with Crippen molar-refractivity contribution in [2.75, 3.05) is 41.0 Å². The zero-order valence-corrected chi connectivity index (χ0v) is 20.1. The number of nitrogens with zero attached hydrogens (tertiary/aromatic N) is 1. The molecule has 0 saturated heterocycles. The van der Waals surface area contributed by atoms with Gasteiger partial charge in [0.15, 0.2) is 11.5 Å². The Bertz CT molecular complexity index is 799. The monoisotopic (exact) mass is 443 g/mol. The van der Waals surface area contributed by atoms with Gasteiger partial charge < -0.3 is 23.8 Å². The molecule has 0 saturated carbocycles. The highest BCUT2D eigenvalue weighted by Crippen LogP contribution is 2.38. The number of esters is 1. The molecule has 0 heterocycles. The molecule has 32 heavy (non-hydrogen) atoms. The van der Waals surface area contributed by atoms with Gasteiger partial charge in [-0.05, 0) is 43.5 Å². The molecule has 0 radical (unpaired) electrons. The molecule has 0 aliphatic rings. The lowest BCUT2D eigenvalue weighted by Crippen LogP contribution is -2.31. The number of carbonyl (C=O) groups is 1. The van der Waals surface area contributed by atoms with Crippen LogP contribution in [0.2, 0.25) is 0 Å². The molecule has 1 unspecified atom stereocenters. The van der Waals surface area contributed by atoms with Gasteiger partial charge in [0.1, 0.15) is 6.10 Å². The lowest BCUT2D eigenvalue weighted by atomic mass is 10.1. The van der Waals surface area contributed by atoms with Crippen LogP contribution in [-0.2, 0) is 11.2 Å². The lowest BCUT2D eigenvalue weighted by molar-refractivity contribution is 0.0234. The highest BCUT2D eigenvalue weighted by Gasteiger charge is 2.21. The highest BCUT2D eigenvalue weighted by molar-refractivity contribution is 5.91. The summed E-state index contributed by atoms with van der Waals surface area (Å²) in [7, 11) is 4.59. The summed E-state index contributed by atoms with van der Waals surface area (Å²) < 4.78 is 21.9. The SMILES string of the molecule is CCCC(CCN(CC)CCc1ccccc1)OC(=O)c1cc(OC)c(OC)c(OC)c1. The van der Waals surface area contributed by atoms with Crippen LogP contribution in [0.3, 0.4) is 0 Å². The minimum Gasteiger partial charge on any atom is -0.493 e. The molecule has 2 aromatic rings. The quantitative estimate of drug-likeness (QED) is 0.383. The van der Waals surface area contributed by atoms with Crippen LogP contribution in [0, 0.1) is 0 Å². The molecule has 6 nitrogen and oxygen atoms in total. The van der Waals surface area contributed by atoms with Crippen LogP contribution in [-0.4, -0.2) is 57.9 Å². The first-order chi connectivity index (χ1) is 15.6. The van der Waals surface area contributed by atoms with Gasteiger partial charge in [-0.25, -0.2) is 4.79 Å². The Morgan fingerprint density at radius 2 is 1.56 bits per heavy atom. The first kappa shape index (κ1) is 25.5. The second-order valence-corrected chi connectivity index (χ2v) is 7.69. The lowest BCUT2D eigenvalue weighted by Gasteiger charge is -2.24. The van der Waals surface area contributed by atoms with Crippen molar-refractivity contribution in [2.45, 2.75) is 45.6 Å². The van der Waals surface area contributed by atoms with Crippen molar-refractivity contribution >= 4 is 5.97 Å². The fraction of sp³-hybridized carbons (Fsp3) is 0.500. The van der Waals surface area contributed by atoms with Gasteiger partial charge in [0.2, 0.25) is 5.75 Å².